The minimum absolute atomic E-state index is 0.0218. The lowest BCUT2D eigenvalue weighted by Gasteiger charge is -2.26. The van der Waals surface area contributed by atoms with Crippen molar-refractivity contribution in [2.75, 3.05) is 6.54 Å². The van der Waals surface area contributed by atoms with Crippen molar-refractivity contribution in [2.45, 2.75) is 65.3 Å². The van der Waals surface area contributed by atoms with Crippen LogP contribution in [0.25, 0.3) is 0 Å². The smallest absolute Gasteiger partial charge is 0.237 e. The number of amides is 1. The van der Waals surface area contributed by atoms with Gasteiger partial charge in [0.05, 0.1) is 6.04 Å². The van der Waals surface area contributed by atoms with Gasteiger partial charge in [-0.05, 0) is 24.2 Å². The highest BCUT2D eigenvalue weighted by Gasteiger charge is 2.20. The summed E-state index contributed by atoms with van der Waals surface area (Å²) in [4.78, 5) is 11.8. The first-order valence-corrected chi connectivity index (χ1v) is 7.57. The van der Waals surface area contributed by atoms with E-state index in [9.17, 15) is 4.79 Å². The molecule has 2 unspecified atom stereocenters. The second-order valence-electron chi connectivity index (χ2n) is 6.12. The molecular formula is C15H30N2O. The summed E-state index contributed by atoms with van der Waals surface area (Å²) in [5.74, 6) is 1.99. The summed E-state index contributed by atoms with van der Waals surface area (Å²) in [5.41, 5.74) is 5.90. The Labute approximate surface area is 112 Å². The van der Waals surface area contributed by atoms with E-state index < -0.39 is 0 Å². The maximum absolute atomic E-state index is 11.8. The van der Waals surface area contributed by atoms with Crippen LogP contribution in [0.5, 0.6) is 0 Å². The van der Waals surface area contributed by atoms with Crippen LogP contribution in [0.1, 0.15) is 59.3 Å². The van der Waals surface area contributed by atoms with Crippen molar-refractivity contribution in [3.63, 3.8) is 0 Å². The molecule has 2 atom stereocenters. The summed E-state index contributed by atoms with van der Waals surface area (Å²) in [6.07, 6.45) is 7.43. The molecule has 1 fully saturated rings. The van der Waals surface area contributed by atoms with E-state index in [0.29, 0.717) is 0 Å². The highest BCUT2D eigenvalue weighted by Crippen LogP contribution is 2.29. The predicted octanol–water partition coefficient (Wildman–Crippen LogP) is 2.69. The molecule has 1 aliphatic carbocycles. The van der Waals surface area contributed by atoms with Gasteiger partial charge in [-0.2, -0.15) is 0 Å². The van der Waals surface area contributed by atoms with Crippen LogP contribution in [0.2, 0.25) is 0 Å². The molecule has 0 aromatic rings. The van der Waals surface area contributed by atoms with Crippen LogP contribution in [-0.2, 0) is 4.79 Å². The molecular weight excluding hydrogens is 224 g/mol. The fourth-order valence-electron chi connectivity index (χ4n) is 2.65. The first-order chi connectivity index (χ1) is 8.54. The van der Waals surface area contributed by atoms with Crippen LogP contribution in [0.4, 0.5) is 0 Å². The molecule has 0 heterocycles. The number of carbonyl (C=O) groups is 1. The monoisotopic (exact) mass is 254 g/mol. The van der Waals surface area contributed by atoms with Gasteiger partial charge in [0.2, 0.25) is 5.91 Å². The van der Waals surface area contributed by atoms with Crippen molar-refractivity contribution in [1.82, 2.24) is 5.32 Å². The number of nitrogens with one attached hydrogen (secondary N) is 1. The minimum Gasteiger partial charge on any atom is -0.355 e. The van der Waals surface area contributed by atoms with E-state index in [4.69, 9.17) is 5.73 Å². The van der Waals surface area contributed by atoms with Crippen molar-refractivity contribution in [2.24, 2.45) is 23.5 Å². The Kier molecular flexibility index (Phi) is 6.69. The predicted molar refractivity (Wildman–Crippen MR) is 76.2 cm³/mol. The van der Waals surface area contributed by atoms with E-state index in [0.717, 1.165) is 31.2 Å². The number of carbonyl (C=O) groups excluding carboxylic acids is 1. The maximum atomic E-state index is 11.8. The molecule has 0 aromatic heterocycles. The number of hydrogen-bond acceptors (Lipinski definition) is 2. The molecule has 0 saturated heterocycles. The molecule has 0 radical (unpaired) electrons. The van der Waals surface area contributed by atoms with Gasteiger partial charge < -0.3 is 11.1 Å². The molecule has 3 nitrogen and oxygen atoms in total. The topological polar surface area (TPSA) is 55.1 Å². The summed E-state index contributed by atoms with van der Waals surface area (Å²) in [7, 11) is 0. The average molecular weight is 254 g/mol. The van der Waals surface area contributed by atoms with Crippen LogP contribution in [0.3, 0.4) is 0 Å². The quantitative estimate of drug-likeness (QED) is 0.765. The van der Waals surface area contributed by atoms with Gasteiger partial charge in [-0.1, -0.05) is 52.9 Å². The normalized spacial score (nSPS) is 27.6. The second-order valence-corrected chi connectivity index (χ2v) is 6.12. The maximum Gasteiger partial charge on any atom is 0.237 e. The molecule has 1 saturated carbocycles. The zero-order valence-corrected chi connectivity index (χ0v) is 12.2. The van der Waals surface area contributed by atoms with Crippen LogP contribution in [0, 0.1) is 17.8 Å². The van der Waals surface area contributed by atoms with Crippen LogP contribution in [-0.4, -0.2) is 18.5 Å². The average Bonchev–Trinajstić information content (AvgIpc) is 2.39. The summed E-state index contributed by atoms with van der Waals surface area (Å²) in [6.45, 7) is 7.24. The third-order valence-corrected chi connectivity index (χ3v) is 4.55. The molecule has 3 N–H and O–H groups in total. The largest absolute Gasteiger partial charge is 0.355 e. The molecule has 0 bridgehead atoms. The Balaban J connectivity index is 2.15. The zero-order valence-electron chi connectivity index (χ0n) is 12.2. The Morgan fingerprint density at radius 1 is 1.33 bits per heavy atom. The van der Waals surface area contributed by atoms with Crippen molar-refractivity contribution in [3.05, 3.63) is 0 Å². The fourth-order valence-corrected chi connectivity index (χ4v) is 2.65. The first-order valence-electron chi connectivity index (χ1n) is 7.57. The van der Waals surface area contributed by atoms with Crippen molar-refractivity contribution in [1.29, 1.82) is 0 Å². The molecule has 106 valence electrons. The molecule has 0 spiro atoms. The highest BCUT2D eigenvalue weighted by molar-refractivity contribution is 5.81. The molecule has 1 aliphatic rings. The van der Waals surface area contributed by atoms with Crippen molar-refractivity contribution < 1.29 is 4.79 Å². The lowest BCUT2D eigenvalue weighted by molar-refractivity contribution is -0.123. The summed E-state index contributed by atoms with van der Waals surface area (Å²) >= 11 is 0. The lowest BCUT2D eigenvalue weighted by atomic mass is 9.81. The lowest BCUT2D eigenvalue weighted by Crippen LogP contribution is -2.45. The first kappa shape index (κ1) is 15.5. The molecule has 1 amide bonds. The standard InChI is InChI=1S/C15H30N2O/c1-4-12(3)14(16)15(18)17-10-9-13-7-5-11(2)6-8-13/h11-14H,4-10,16H2,1-3H3,(H,17,18). The number of hydrogen-bond donors (Lipinski definition) is 2. The molecule has 3 heteroatoms. The van der Waals surface area contributed by atoms with E-state index in [2.05, 4.69) is 19.2 Å². The Bertz CT molecular complexity index is 247. The number of rotatable bonds is 6. The van der Waals surface area contributed by atoms with Gasteiger partial charge in [0.1, 0.15) is 0 Å². The van der Waals surface area contributed by atoms with Gasteiger partial charge >= 0.3 is 0 Å². The number of nitrogens with two attached hydrogens (primary N) is 1. The Hall–Kier alpha value is -0.570. The molecule has 0 aliphatic heterocycles. The molecule has 0 aromatic carbocycles. The van der Waals surface area contributed by atoms with E-state index in [1.54, 1.807) is 0 Å². The Morgan fingerprint density at radius 2 is 1.94 bits per heavy atom. The fraction of sp³-hybridized carbons (Fsp3) is 0.933. The zero-order chi connectivity index (χ0) is 13.5. The van der Waals surface area contributed by atoms with Crippen molar-refractivity contribution >= 4 is 5.91 Å². The van der Waals surface area contributed by atoms with Gasteiger partial charge in [-0.25, -0.2) is 0 Å². The van der Waals surface area contributed by atoms with Crippen LogP contribution >= 0.6 is 0 Å². The molecule has 1 rings (SSSR count). The van der Waals surface area contributed by atoms with Gasteiger partial charge in [0.15, 0.2) is 0 Å². The Morgan fingerprint density at radius 3 is 2.50 bits per heavy atom. The third kappa shape index (κ3) is 4.97. The van der Waals surface area contributed by atoms with Gasteiger partial charge in [0, 0.05) is 6.54 Å². The van der Waals surface area contributed by atoms with E-state index in [1.807, 2.05) is 6.92 Å². The summed E-state index contributed by atoms with van der Waals surface area (Å²) in [6, 6.07) is -0.346. The summed E-state index contributed by atoms with van der Waals surface area (Å²) < 4.78 is 0. The summed E-state index contributed by atoms with van der Waals surface area (Å²) in [5, 5.41) is 2.99. The van der Waals surface area contributed by atoms with Crippen LogP contribution in [0.15, 0.2) is 0 Å². The van der Waals surface area contributed by atoms with Gasteiger partial charge in [-0.3, -0.25) is 4.79 Å². The van der Waals surface area contributed by atoms with Crippen molar-refractivity contribution in [3.8, 4) is 0 Å². The van der Waals surface area contributed by atoms with E-state index in [-0.39, 0.29) is 17.9 Å². The molecule has 18 heavy (non-hydrogen) atoms. The SMILES string of the molecule is CCC(C)C(N)C(=O)NCCC1CCC(C)CC1. The minimum atomic E-state index is -0.346. The van der Waals surface area contributed by atoms with E-state index in [1.165, 1.54) is 25.7 Å². The third-order valence-electron chi connectivity index (χ3n) is 4.55. The van der Waals surface area contributed by atoms with Crippen LogP contribution < -0.4 is 11.1 Å². The highest BCUT2D eigenvalue weighted by atomic mass is 16.2. The second kappa shape index (κ2) is 7.78. The van der Waals surface area contributed by atoms with Gasteiger partial charge in [0.25, 0.3) is 0 Å². The van der Waals surface area contributed by atoms with Gasteiger partial charge in [-0.15, -0.1) is 0 Å². The van der Waals surface area contributed by atoms with E-state index >= 15 is 0 Å².